The normalized spacial score (nSPS) is 11.1. The first kappa shape index (κ1) is 19.7. The van der Waals surface area contributed by atoms with Crippen molar-refractivity contribution in [2.24, 2.45) is 0 Å². The highest BCUT2D eigenvalue weighted by Crippen LogP contribution is 2.31. The Morgan fingerprint density at radius 1 is 0.767 bits per heavy atom. The molecule has 150 valence electrons. The van der Waals surface area contributed by atoms with Crippen LogP contribution in [-0.4, -0.2) is 28.4 Å². The largest absolute Gasteiger partial charge is 0.280 e. The standard InChI is InChI=1S/C20H15ClN6O2S/c21-15-6-8-18(9-7-15)30(28,29)26-16-4-1-5-17(14-16)27(19-22-10-2-11-23-19)20-24-12-3-13-25-20/h1-14,26H. The van der Waals surface area contributed by atoms with E-state index < -0.39 is 10.0 Å². The predicted octanol–water partition coefficient (Wildman–Crippen LogP) is 4.19. The zero-order valence-corrected chi connectivity index (χ0v) is 17.0. The number of sulfonamides is 1. The summed E-state index contributed by atoms with van der Waals surface area (Å²) in [5, 5.41) is 0.456. The van der Waals surface area contributed by atoms with Crippen molar-refractivity contribution in [3.63, 3.8) is 0 Å². The Hall–Kier alpha value is -3.56. The maximum Gasteiger partial charge on any atom is 0.261 e. The number of halogens is 1. The van der Waals surface area contributed by atoms with E-state index in [0.29, 0.717) is 28.3 Å². The molecule has 0 aliphatic carbocycles. The Kier molecular flexibility index (Phi) is 5.55. The minimum atomic E-state index is -3.79. The zero-order chi connectivity index (χ0) is 21.0. The Bertz CT molecular complexity index is 1200. The maximum absolute atomic E-state index is 12.7. The van der Waals surface area contributed by atoms with Gasteiger partial charge in [0.1, 0.15) is 0 Å². The van der Waals surface area contributed by atoms with Gasteiger partial charge in [-0.05, 0) is 54.6 Å². The SMILES string of the molecule is O=S(=O)(Nc1cccc(N(c2ncccn2)c2ncccn2)c1)c1ccc(Cl)cc1. The van der Waals surface area contributed by atoms with Crippen molar-refractivity contribution in [3.05, 3.63) is 90.5 Å². The van der Waals surface area contributed by atoms with Gasteiger partial charge in [0.25, 0.3) is 10.0 Å². The molecule has 10 heteroatoms. The van der Waals surface area contributed by atoms with Crippen LogP contribution < -0.4 is 9.62 Å². The first-order chi connectivity index (χ1) is 14.5. The van der Waals surface area contributed by atoms with E-state index >= 15 is 0 Å². The van der Waals surface area contributed by atoms with Crippen LogP contribution in [0.4, 0.5) is 23.3 Å². The lowest BCUT2D eigenvalue weighted by Gasteiger charge is -2.21. The molecule has 2 aromatic carbocycles. The van der Waals surface area contributed by atoms with Gasteiger partial charge in [-0.25, -0.2) is 33.3 Å². The van der Waals surface area contributed by atoms with Crippen molar-refractivity contribution in [2.75, 3.05) is 9.62 Å². The molecule has 0 unspecified atom stereocenters. The molecule has 8 nitrogen and oxygen atoms in total. The molecule has 30 heavy (non-hydrogen) atoms. The Morgan fingerprint density at radius 2 is 1.33 bits per heavy atom. The molecule has 2 heterocycles. The number of nitrogens with zero attached hydrogens (tertiary/aromatic N) is 5. The lowest BCUT2D eigenvalue weighted by Crippen LogP contribution is -2.17. The van der Waals surface area contributed by atoms with Crippen molar-refractivity contribution in [1.82, 2.24) is 19.9 Å². The molecule has 4 rings (SSSR count). The summed E-state index contributed by atoms with van der Waals surface area (Å²) in [6.07, 6.45) is 6.41. The maximum atomic E-state index is 12.7. The number of rotatable bonds is 6. The van der Waals surface area contributed by atoms with E-state index in [-0.39, 0.29) is 4.90 Å². The Labute approximate surface area is 178 Å². The molecule has 0 amide bonds. The van der Waals surface area contributed by atoms with Crippen molar-refractivity contribution < 1.29 is 8.42 Å². The zero-order valence-electron chi connectivity index (χ0n) is 15.4. The van der Waals surface area contributed by atoms with Crippen LogP contribution >= 0.6 is 11.6 Å². The average molecular weight is 439 g/mol. The molecule has 0 fully saturated rings. The third-order valence-corrected chi connectivity index (χ3v) is 5.63. The van der Waals surface area contributed by atoms with E-state index in [9.17, 15) is 8.42 Å². The van der Waals surface area contributed by atoms with Gasteiger partial charge >= 0.3 is 0 Å². The molecule has 0 radical (unpaired) electrons. The second kappa shape index (κ2) is 8.44. The minimum Gasteiger partial charge on any atom is -0.280 e. The summed E-state index contributed by atoms with van der Waals surface area (Å²) < 4.78 is 28.0. The summed E-state index contributed by atoms with van der Waals surface area (Å²) in [5.74, 6) is 0.697. The molecule has 1 N–H and O–H groups in total. The smallest absolute Gasteiger partial charge is 0.261 e. The first-order valence-corrected chi connectivity index (χ1v) is 10.6. The number of benzene rings is 2. The molecule has 0 aliphatic rings. The van der Waals surface area contributed by atoms with Gasteiger partial charge in [0, 0.05) is 29.8 Å². The van der Waals surface area contributed by atoms with Gasteiger partial charge in [-0.1, -0.05) is 17.7 Å². The van der Waals surface area contributed by atoms with Gasteiger partial charge < -0.3 is 0 Å². The van der Waals surface area contributed by atoms with Gasteiger partial charge in [0.05, 0.1) is 16.3 Å². The molecular weight excluding hydrogens is 424 g/mol. The first-order valence-electron chi connectivity index (χ1n) is 8.75. The molecular formula is C20H15ClN6O2S. The summed E-state index contributed by atoms with van der Waals surface area (Å²) in [6.45, 7) is 0. The van der Waals surface area contributed by atoms with Gasteiger partial charge in [0.2, 0.25) is 11.9 Å². The highest BCUT2D eigenvalue weighted by atomic mass is 35.5. The van der Waals surface area contributed by atoms with Crippen molar-refractivity contribution >= 4 is 44.9 Å². The van der Waals surface area contributed by atoms with Crippen LogP contribution in [0.5, 0.6) is 0 Å². The van der Waals surface area contributed by atoms with E-state index in [2.05, 4.69) is 24.7 Å². The Morgan fingerprint density at radius 3 is 1.90 bits per heavy atom. The number of anilines is 4. The fraction of sp³-hybridized carbons (Fsp3) is 0. The third-order valence-electron chi connectivity index (χ3n) is 3.98. The Balaban J connectivity index is 1.71. The second-order valence-corrected chi connectivity index (χ2v) is 8.16. The summed E-state index contributed by atoms with van der Waals surface area (Å²) in [7, 11) is -3.79. The molecule has 0 aliphatic heterocycles. The summed E-state index contributed by atoms with van der Waals surface area (Å²) in [6, 6.07) is 16.1. The predicted molar refractivity (Wildman–Crippen MR) is 115 cm³/mol. The van der Waals surface area contributed by atoms with Crippen LogP contribution in [0.3, 0.4) is 0 Å². The lowest BCUT2D eigenvalue weighted by atomic mass is 10.2. The van der Waals surface area contributed by atoms with Gasteiger partial charge in [-0.2, -0.15) is 0 Å². The summed E-state index contributed by atoms with van der Waals surface area (Å²) in [5.41, 5.74) is 0.947. The van der Waals surface area contributed by atoms with E-state index in [1.54, 1.807) is 66.1 Å². The van der Waals surface area contributed by atoms with Crippen molar-refractivity contribution in [1.29, 1.82) is 0 Å². The number of hydrogen-bond acceptors (Lipinski definition) is 7. The molecule has 4 aromatic rings. The summed E-state index contributed by atoms with van der Waals surface area (Å²) in [4.78, 5) is 18.8. The second-order valence-electron chi connectivity index (χ2n) is 6.04. The van der Waals surface area contributed by atoms with E-state index in [0.717, 1.165) is 0 Å². The topological polar surface area (TPSA) is 101 Å². The molecule has 0 bridgehead atoms. The van der Waals surface area contributed by atoms with E-state index in [1.165, 1.54) is 24.3 Å². The van der Waals surface area contributed by atoms with Crippen LogP contribution in [0.1, 0.15) is 0 Å². The van der Waals surface area contributed by atoms with Crippen LogP contribution in [0.15, 0.2) is 90.3 Å². The number of nitrogens with one attached hydrogen (secondary N) is 1. The van der Waals surface area contributed by atoms with Crippen molar-refractivity contribution in [2.45, 2.75) is 4.90 Å². The average Bonchev–Trinajstić information content (AvgIpc) is 2.76. The molecule has 0 saturated carbocycles. The molecule has 0 spiro atoms. The quantitative estimate of drug-likeness (QED) is 0.481. The fourth-order valence-electron chi connectivity index (χ4n) is 2.67. The van der Waals surface area contributed by atoms with Crippen LogP contribution in [0.25, 0.3) is 0 Å². The molecule has 0 atom stereocenters. The number of aromatic nitrogens is 4. The van der Waals surface area contributed by atoms with Crippen LogP contribution in [0.2, 0.25) is 5.02 Å². The fourth-order valence-corrected chi connectivity index (χ4v) is 3.85. The minimum absolute atomic E-state index is 0.104. The third kappa shape index (κ3) is 4.37. The van der Waals surface area contributed by atoms with Gasteiger partial charge in [0.15, 0.2) is 0 Å². The van der Waals surface area contributed by atoms with E-state index in [4.69, 9.17) is 11.6 Å². The highest BCUT2D eigenvalue weighted by Gasteiger charge is 2.19. The van der Waals surface area contributed by atoms with Gasteiger partial charge in [-0.3, -0.25) is 4.72 Å². The van der Waals surface area contributed by atoms with E-state index in [1.807, 2.05) is 0 Å². The molecule has 2 aromatic heterocycles. The lowest BCUT2D eigenvalue weighted by molar-refractivity contribution is 0.601. The van der Waals surface area contributed by atoms with Crippen LogP contribution in [-0.2, 0) is 10.0 Å². The highest BCUT2D eigenvalue weighted by molar-refractivity contribution is 7.92. The molecule has 0 saturated heterocycles. The van der Waals surface area contributed by atoms with Gasteiger partial charge in [-0.15, -0.1) is 0 Å². The van der Waals surface area contributed by atoms with Crippen LogP contribution in [0, 0.1) is 0 Å². The monoisotopic (exact) mass is 438 g/mol. The summed E-state index contributed by atoms with van der Waals surface area (Å²) >= 11 is 5.85. The number of hydrogen-bond donors (Lipinski definition) is 1. The van der Waals surface area contributed by atoms with Crippen molar-refractivity contribution in [3.8, 4) is 0 Å².